The van der Waals surface area contributed by atoms with Gasteiger partial charge in [-0.1, -0.05) is 29.8 Å². The van der Waals surface area contributed by atoms with Crippen molar-refractivity contribution in [2.75, 3.05) is 19.6 Å². The van der Waals surface area contributed by atoms with Gasteiger partial charge in [0.2, 0.25) is 0 Å². The second kappa shape index (κ2) is 6.02. The third kappa shape index (κ3) is 2.89. The normalized spacial score (nSPS) is 21.4. The van der Waals surface area contributed by atoms with Gasteiger partial charge in [0.05, 0.1) is 11.6 Å². The van der Waals surface area contributed by atoms with E-state index in [-0.39, 0.29) is 11.9 Å². The number of carbonyl (C=O) groups is 1. The Morgan fingerprint density at radius 1 is 1.22 bits per heavy atom. The predicted molar refractivity (Wildman–Crippen MR) is 90.9 cm³/mol. The highest BCUT2D eigenvalue weighted by Gasteiger charge is 2.32. The molecule has 1 saturated carbocycles. The summed E-state index contributed by atoms with van der Waals surface area (Å²) >= 11 is 6.31. The highest BCUT2D eigenvalue weighted by atomic mass is 35.5. The first-order valence-corrected chi connectivity index (χ1v) is 8.56. The minimum atomic E-state index is 0.0877. The first kappa shape index (κ1) is 14.8. The first-order chi connectivity index (χ1) is 11.2. The summed E-state index contributed by atoms with van der Waals surface area (Å²) in [6.07, 6.45) is 4.25. The lowest BCUT2D eigenvalue weighted by molar-refractivity contribution is 0.0702. The van der Waals surface area contributed by atoms with Gasteiger partial charge in [0.15, 0.2) is 0 Å². The Kier molecular flexibility index (Phi) is 3.87. The Hall–Kier alpha value is -1.78. The molecule has 23 heavy (non-hydrogen) atoms. The van der Waals surface area contributed by atoms with Crippen molar-refractivity contribution in [1.82, 2.24) is 15.2 Å². The summed E-state index contributed by atoms with van der Waals surface area (Å²) in [5, 5.41) is 4.22. The third-order valence-corrected chi connectivity index (χ3v) is 5.08. The average molecular weight is 330 g/mol. The van der Waals surface area contributed by atoms with Gasteiger partial charge in [-0.2, -0.15) is 0 Å². The molecule has 2 heterocycles. The molecule has 4 rings (SSSR count). The molecule has 1 aliphatic carbocycles. The fraction of sp³-hybridized carbons (Fsp3) is 0.389. The molecule has 1 saturated heterocycles. The van der Waals surface area contributed by atoms with Crippen LogP contribution in [0, 0.1) is 0 Å². The van der Waals surface area contributed by atoms with Gasteiger partial charge in [-0.05, 0) is 36.5 Å². The van der Waals surface area contributed by atoms with Crippen molar-refractivity contribution in [3.63, 3.8) is 0 Å². The molecule has 1 unspecified atom stereocenters. The number of carbonyl (C=O) groups excluding carboxylic acids is 1. The number of nitrogens with zero attached hydrogens (tertiary/aromatic N) is 1. The molecule has 0 radical (unpaired) electrons. The van der Waals surface area contributed by atoms with Gasteiger partial charge in [0.25, 0.3) is 5.91 Å². The van der Waals surface area contributed by atoms with Crippen LogP contribution < -0.4 is 5.32 Å². The van der Waals surface area contributed by atoms with Crippen molar-refractivity contribution in [2.24, 2.45) is 0 Å². The van der Waals surface area contributed by atoms with Crippen molar-refractivity contribution in [2.45, 2.75) is 24.8 Å². The van der Waals surface area contributed by atoms with Crippen LogP contribution in [0.3, 0.4) is 0 Å². The number of aromatic amines is 1. The number of rotatable bonds is 3. The molecule has 2 fully saturated rings. The van der Waals surface area contributed by atoms with Crippen molar-refractivity contribution in [3.05, 3.63) is 58.4 Å². The van der Waals surface area contributed by atoms with Crippen LogP contribution in [0.4, 0.5) is 0 Å². The monoisotopic (exact) mass is 329 g/mol. The first-order valence-electron chi connectivity index (χ1n) is 8.18. The fourth-order valence-corrected chi connectivity index (χ4v) is 3.62. The molecule has 120 valence electrons. The maximum absolute atomic E-state index is 12.9. The molecule has 2 aliphatic rings. The van der Waals surface area contributed by atoms with E-state index in [2.05, 4.69) is 10.3 Å². The molecule has 1 aliphatic heterocycles. The molecule has 5 heteroatoms. The van der Waals surface area contributed by atoms with Crippen LogP contribution >= 0.6 is 11.6 Å². The van der Waals surface area contributed by atoms with E-state index < -0.39 is 0 Å². The standard InChI is InChI=1S/C18H20ClN3O/c19-15-4-2-1-3-13(15)16-11-22(10-9-20-16)18(23)14-7-8-21-17(14)12-5-6-12/h1-4,7-8,12,16,20-21H,5-6,9-11H2. The number of nitrogens with one attached hydrogen (secondary N) is 2. The fourth-order valence-electron chi connectivity index (χ4n) is 3.35. The third-order valence-electron chi connectivity index (χ3n) is 4.74. The second-order valence-electron chi connectivity index (χ2n) is 6.36. The van der Waals surface area contributed by atoms with Gasteiger partial charge in [-0.15, -0.1) is 0 Å². The van der Waals surface area contributed by atoms with E-state index in [0.29, 0.717) is 12.5 Å². The van der Waals surface area contributed by atoms with E-state index in [1.54, 1.807) is 0 Å². The lowest BCUT2D eigenvalue weighted by Gasteiger charge is -2.34. The molecule has 4 nitrogen and oxygen atoms in total. The zero-order chi connectivity index (χ0) is 15.8. The van der Waals surface area contributed by atoms with E-state index in [1.807, 2.05) is 41.4 Å². The molecule has 2 N–H and O–H groups in total. The van der Waals surface area contributed by atoms with Crippen LogP contribution in [0.5, 0.6) is 0 Å². The highest BCUT2D eigenvalue weighted by Crippen LogP contribution is 2.41. The Morgan fingerprint density at radius 2 is 2.04 bits per heavy atom. The number of H-pyrrole nitrogens is 1. The van der Waals surface area contributed by atoms with E-state index in [9.17, 15) is 4.79 Å². The van der Waals surface area contributed by atoms with Crippen LogP contribution in [0.2, 0.25) is 5.02 Å². The van der Waals surface area contributed by atoms with E-state index in [0.717, 1.165) is 34.9 Å². The lowest BCUT2D eigenvalue weighted by Crippen LogP contribution is -2.48. The van der Waals surface area contributed by atoms with Gasteiger partial charge in [0, 0.05) is 36.5 Å². The maximum Gasteiger partial charge on any atom is 0.255 e. The Morgan fingerprint density at radius 3 is 2.83 bits per heavy atom. The summed E-state index contributed by atoms with van der Waals surface area (Å²) in [4.78, 5) is 18.1. The topological polar surface area (TPSA) is 48.1 Å². The van der Waals surface area contributed by atoms with Crippen LogP contribution in [-0.4, -0.2) is 35.4 Å². The number of hydrogen-bond donors (Lipinski definition) is 2. The average Bonchev–Trinajstić information content (AvgIpc) is 3.31. The summed E-state index contributed by atoms with van der Waals surface area (Å²) in [5.74, 6) is 0.679. The Labute approximate surface area is 140 Å². The van der Waals surface area contributed by atoms with Crippen molar-refractivity contribution in [1.29, 1.82) is 0 Å². The van der Waals surface area contributed by atoms with Gasteiger partial charge in [-0.25, -0.2) is 0 Å². The zero-order valence-electron chi connectivity index (χ0n) is 12.9. The minimum Gasteiger partial charge on any atom is -0.364 e. The quantitative estimate of drug-likeness (QED) is 0.907. The molecule has 1 aromatic carbocycles. The predicted octanol–water partition coefficient (Wildman–Crippen LogP) is 3.33. The summed E-state index contributed by atoms with van der Waals surface area (Å²) in [5.41, 5.74) is 3.01. The van der Waals surface area contributed by atoms with Crippen molar-refractivity contribution < 1.29 is 4.79 Å². The lowest BCUT2D eigenvalue weighted by atomic mass is 10.0. The zero-order valence-corrected chi connectivity index (χ0v) is 13.6. The van der Waals surface area contributed by atoms with E-state index in [4.69, 9.17) is 11.6 Å². The summed E-state index contributed by atoms with van der Waals surface area (Å²) < 4.78 is 0. The molecule has 0 spiro atoms. The van der Waals surface area contributed by atoms with Crippen LogP contribution in [0.15, 0.2) is 36.5 Å². The SMILES string of the molecule is O=C(c1cc[nH]c1C1CC1)N1CCNC(c2ccccc2Cl)C1. The Bertz CT molecular complexity index is 723. The molecule has 1 aromatic heterocycles. The van der Waals surface area contributed by atoms with Crippen LogP contribution in [0.1, 0.15) is 46.4 Å². The van der Waals surface area contributed by atoms with Crippen LogP contribution in [0.25, 0.3) is 0 Å². The van der Waals surface area contributed by atoms with Crippen molar-refractivity contribution >= 4 is 17.5 Å². The summed E-state index contributed by atoms with van der Waals surface area (Å²) in [6, 6.07) is 9.85. The number of piperazine rings is 1. The number of aromatic nitrogens is 1. The number of benzene rings is 1. The summed E-state index contributed by atoms with van der Waals surface area (Å²) in [7, 11) is 0. The molecular formula is C18H20ClN3O. The summed E-state index contributed by atoms with van der Waals surface area (Å²) in [6.45, 7) is 2.16. The maximum atomic E-state index is 12.9. The van der Waals surface area contributed by atoms with Crippen molar-refractivity contribution in [3.8, 4) is 0 Å². The van der Waals surface area contributed by atoms with Gasteiger partial charge in [0.1, 0.15) is 0 Å². The minimum absolute atomic E-state index is 0.0877. The van der Waals surface area contributed by atoms with Gasteiger partial charge < -0.3 is 15.2 Å². The largest absolute Gasteiger partial charge is 0.364 e. The van der Waals surface area contributed by atoms with Gasteiger partial charge in [-0.3, -0.25) is 4.79 Å². The smallest absolute Gasteiger partial charge is 0.255 e. The van der Waals surface area contributed by atoms with E-state index >= 15 is 0 Å². The molecule has 1 atom stereocenters. The van der Waals surface area contributed by atoms with Crippen LogP contribution in [-0.2, 0) is 0 Å². The molecule has 0 bridgehead atoms. The molecule has 1 amide bonds. The molecule has 2 aromatic rings. The van der Waals surface area contributed by atoms with E-state index in [1.165, 1.54) is 12.8 Å². The highest BCUT2D eigenvalue weighted by molar-refractivity contribution is 6.31. The number of amides is 1. The number of hydrogen-bond acceptors (Lipinski definition) is 2. The Balaban J connectivity index is 1.54. The number of halogens is 1. The molecular weight excluding hydrogens is 310 g/mol. The van der Waals surface area contributed by atoms with Gasteiger partial charge >= 0.3 is 0 Å². The second-order valence-corrected chi connectivity index (χ2v) is 6.77.